The Labute approximate surface area is 221 Å². The van der Waals surface area contributed by atoms with E-state index in [-0.39, 0.29) is 59.2 Å². The SMILES string of the molecule is O=S1(=O)OC(c2cc(Cl)c([O-])c(Br)c2)(c2cc(Cl)c(O)c(Br)c2)c2ccccc21.[Na+]. The largest absolute Gasteiger partial charge is 1.00 e. The minimum absolute atomic E-state index is 0. The average molecular weight is 603 g/mol. The molecule has 11 heteroatoms. The number of hydrogen-bond donors (Lipinski definition) is 1. The van der Waals surface area contributed by atoms with E-state index in [1.807, 2.05) is 0 Å². The second kappa shape index (κ2) is 8.57. The van der Waals surface area contributed by atoms with Gasteiger partial charge in [-0.15, -0.1) is 0 Å². The smallest absolute Gasteiger partial charge is 0.871 e. The zero-order chi connectivity index (χ0) is 21.1. The summed E-state index contributed by atoms with van der Waals surface area (Å²) >= 11 is 18.7. The molecule has 150 valence electrons. The van der Waals surface area contributed by atoms with Gasteiger partial charge in [0.1, 0.15) is 10.6 Å². The fraction of sp³-hybridized carbons (Fsp3) is 0.0526. The Morgan fingerprint density at radius 3 is 2.13 bits per heavy atom. The molecule has 4 rings (SSSR count). The van der Waals surface area contributed by atoms with Crippen LogP contribution in [0.1, 0.15) is 16.7 Å². The molecule has 0 amide bonds. The maximum atomic E-state index is 12.9. The summed E-state index contributed by atoms with van der Waals surface area (Å²) in [6.45, 7) is 0. The monoisotopic (exact) mass is 600 g/mol. The minimum atomic E-state index is -4.14. The molecular weight excluding hydrogens is 594 g/mol. The van der Waals surface area contributed by atoms with Gasteiger partial charge in [0, 0.05) is 15.1 Å². The van der Waals surface area contributed by atoms with Crippen LogP contribution in [0.3, 0.4) is 0 Å². The van der Waals surface area contributed by atoms with Crippen molar-refractivity contribution in [3.05, 3.63) is 84.2 Å². The van der Waals surface area contributed by atoms with Crippen molar-refractivity contribution < 1.29 is 52.4 Å². The first-order valence-electron chi connectivity index (χ1n) is 7.98. The molecule has 0 fully saturated rings. The molecule has 1 atom stereocenters. The molecule has 0 saturated carbocycles. The van der Waals surface area contributed by atoms with E-state index in [2.05, 4.69) is 31.9 Å². The second-order valence-corrected chi connectivity index (χ2v) is 10.3. The van der Waals surface area contributed by atoms with Gasteiger partial charge in [0.25, 0.3) is 10.1 Å². The van der Waals surface area contributed by atoms with Crippen LogP contribution in [0.15, 0.2) is 62.4 Å². The third-order valence-electron chi connectivity index (χ3n) is 4.60. The molecule has 3 aromatic carbocycles. The molecule has 5 nitrogen and oxygen atoms in total. The summed E-state index contributed by atoms with van der Waals surface area (Å²) in [6, 6.07) is 12.0. The molecule has 30 heavy (non-hydrogen) atoms. The molecule has 0 radical (unpaired) electrons. The maximum Gasteiger partial charge on any atom is 1.00 e. The number of aromatic hydroxyl groups is 1. The van der Waals surface area contributed by atoms with E-state index in [0.29, 0.717) is 16.7 Å². The van der Waals surface area contributed by atoms with Crippen LogP contribution >= 0.6 is 55.1 Å². The van der Waals surface area contributed by atoms with Gasteiger partial charge in [0.2, 0.25) is 0 Å². The van der Waals surface area contributed by atoms with Crippen LogP contribution in [-0.2, 0) is 19.9 Å². The molecule has 0 aliphatic carbocycles. The van der Waals surface area contributed by atoms with Crippen molar-refractivity contribution in [3.8, 4) is 11.5 Å². The molecule has 3 aromatic rings. The molecule has 1 aliphatic rings. The Kier molecular flexibility index (Phi) is 6.96. The zero-order valence-electron chi connectivity index (χ0n) is 15.1. The van der Waals surface area contributed by atoms with Gasteiger partial charge in [-0.25, -0.2) is 4.18 Å². The number of phenolic OH excluding ortho intramolecular Hbond substituents is 1. The van der Waals surface area contributed by atoms with Crippen LogP contribution in [-0.4, -0.2) is 13.5 Å². The summed E-state index contributed by atoms with van der Waals surface area (Å²) in [5.41, 5.74) is -0.719. The van der Waals surface area contributed by atoms with Crippen LogP contribution in [0.5, 0.6) is 11.5 Å². The predicted octanol–water partition coefficient (Wildman–Crippen LogP) is 2.31. The summed E-state index contributed by atoms with van der Waals surface area (Å²) in [4.78, 5) is -0.0150. The van der Waals surface area contributed by atoms with Gasteiger partial charge in [-0.2, -0.15) is 8.42 Å². The summed E-state index contributed by atoms with van der Waals surface area (Å²) in [6.07, 6.45) is 0. The first kappa shape index (κ1) is 24.4. The zero-order valence-corrected chi connectivity index (χ0v) is 22.6. The van der Waals surface area contributed by atoms with Crippen molar-refractivity contribution in [2.75, 3.05) is 0 Å². The van der Waals surface area contributed by atoms with Gasteiger partial charge < -0.3 is 10.2 Å². The third kappa shape index (κ3) is 3.74. The van der Waals surface area contributed by atoms with Gasteiger partial charge in [0.15, 0.2) is 5.60 Å². The number of hydrogen-bond acceptors (Lipinski definition) is 5. The van der Waals surface area contributed by atoms with E-state index in [4.69, 9.17) is 27.4 Å². The van der Waals surface area contributed by atoms with E-state index < -0.39 is 21.5 Å². The fourth-order valence-electron chi connectivity index (χ4n) is 3.34. The van der Waals surface area contributed by atoms with Crippen molar-refractivity contribution in [2.45, 2.75) is 10.5 Å². The molecule has 1 aliphatic heterocycles. The van der Waals surface area contributed by atoms with Crippen molar-refractivity contribution in [1.29, 1.82) is 0 Å². The van der Waals surface area contributed by atoms with Crippen LogP contribution < -0.4 is 34.7 Å². The van der Waals surface area contributed by atoms with Crippen molar-refractivity contribution in [1.82, 2.24) is 0 Å². The summed E-state index contributed by atoms with van der Waals surface area (Å²) in [5.74, 6) is -0.640. The summed E-state index contributed by atoms with van der Waals surface area (Å²) < 4.78 is 31.8. The summed E-state index contributed by atoms with van der Waals surface area (Å²) in [7, 11) is -4.14. The van der Waals surface area contributed by atoms with Gasteiger partial charge >= 0.3 is 29.6 Å². The second-order valence-electron chi connectivity index (χ2n) is 6.27. The topological polar surface area (TPSA) is 86.7 Å². The maximum absolute atomic E-state index is 12.9. The molecule has 1 unspecified atom stereocenters. The van der Waals surface area contributed by atoms with E-state index in [1.54, 1.807) is 18.2 Å². The Bertz CT molecular complexity index is 1180. The molecule has 0 bridgehead atoms. The molecule has 0 aromatic heterocycles. The molecule has 0 saturated heterocycles. The number of benzene rings is 3. The quantitative estimate of drug-likeness (QED) is 0.360. The third-order valence-corrected chi connectivity index (χ3v) is 7.73. The minimum Gasteiger partial charge on any atom is -0.871 e. The predicted molar refractivity (Wildman–Crippen MR) is 114 cm³/mol. The van der Waals surface area contributed by atoms with E-state index >= 15 is 0 Å². The molecule has 1 heterocycles. The van der Waals surface area contributed by atoms with Gasteiger partial charge in [0.05, 0.1) is 9.50 Å². The van der Waals surface area contributed by atoms with Crippen LogP contribution in [0.2, 0.25) is 10.0 Å². The Hall–Kier alpha value is -0.290. The van der Waals surface area contributed by atoms with Crippen molar-refractivity contribution in [3.63, 3.8) is 0 Å². The van der Waals surface area contributed by atoms with Gasteiger partial charge in [-0.05, 0) is 57.4 Å². The average Bonchev–Trinajstić information content (AvgIpc) is 2.92. The van der Waals surface area contributed by atoms with E-state index in [0.717, 1.165) is 0 Å². The van der Waals surface area contributed by atoms with E-state index in [1.165, 1.54) is 30.3 Å². The van der Waals surface area contributed by atoms with Crippen molar-refractivity contribution >= 4 is 65.2 Å². The van der Waals surface area contributed by atoms with Crippen molar-refractivity contribution in [2.24, 2.45) is 0 Å². The fourth-order valence-corrected chi connectivity index (χ4v) is 6.35. The van der Waals surface area contributed by atoms with Gasteiger partial charge in [-0.3, -0.25) is 0 Å². The number of phenols is 1. The Morgan fingerprint density at radius 2 is 1.53 bits per heavy atom. The Morgan fingerprint density at radius 1 is 0.967 bits per heavy atom. The van der Waals surface area contributed by atoms with Crippen LogP contribution in [0.4, 0.5) is 0 Å². The first-order valence-corrected chi connectivity index (χ1v) is 11.7. The van der Waals surface area contributed by atoms with Crippen LogP contribution in [0, 0.1) is 0 Å². The number of rotatable bonds is 2. The molecule has 1 N–H and O–H groups in total. The number of halogens is 4. The standard InChI is InChI=1S/C19H10Br2Cl2O5S.Na/c20-12-5-9(7-14(22)17(12)24)19(10-6-13(21)18(25)15(23)8-10)11-3-1-2-4-16(11)29(26,27)28-19;/h1-8,24-25H;/q;+1/p-1. The van der Waals surface area contributed by atoms with Gasteiger partial charge in [-0.1, -0.05) is 63.1 Å². The molecular formula is C19H9Br2Cl2NaO5S. The van der Waals surface area contributed by atoms with E-state index in [9.17, 15) is 18.6 Å². The number of fused-ring (bicyclic) bond motifs is 1. The normalized spacial score (nSPS) is 19.2. The summed E-state index contributed by atoms with van der Waals surface area (Å²) in [5, 5.41) is 22.0. The Balaban J connectivity index is 0.00000256. The first-order chi connectivity index (χ1) is 13.6. The van der Waals surface area contributed by atoms with Crippen LogP contribution in [0.25, 0.3) is 0 Å². The molecule has 0 spiro atoms.